The highest BCUT2D eigenvalue weighted by Gasteiger charge is 2.18. The number of carboxylic acid groups (broad SMARTS) is 1. The van der Waals surface area contributed by atoms with Gasteiger partial charge in [-0.05, 0) is 42.3 Å². The second kappa shape index (κ2) is 15.5. The largest absolute Gasteiger partial charge is 0.492 e. The molecule has 2 unspecified atom stereocenters. The maximum atomic E-state index is 12.8. The first-order valence-corrected chi connectivity index (χ1v) is 13.3. The van der Waals surface area contributed by atoms with Crippen molar-refractivity contribution >= 4 is 16.9 Å². The van der Waals surface area contributed by atoms with Crippen molar-refractivity contribution in [2.45, 2.75) is 45.4 Å². The topological polar surface area (TPSA) is 137 Å². The fourth-order valence-electron chi connectivity index (χ4n) is 4.13. The molecule has 0 fully saturated rings. The van der Waals surface area contributed by atoms with Gasteiger partial charge in [0.1, 0.15) is 18.2 Å². The molecule has 40 heavy (non-hydrogen) atoms. The summed E-state index contributed by atoms with van der Waals surface area (Å²) in [7, 11) is 0. The number of nitrogens with zero attached hydrogens (tertiary/aromatic N) is 2. The predicted octanol–water partition coefficient (Wildman–Crippen LogP) is 3.75. The Bertz CT molecular complexity index is 1410. The van der Waals surface area contributed by atoms with Gasteiger partial charge in [-0.2, -0.15) is 0 Å². The first-order chi connectivity index (χ1) is 19.4. The number of aliphatic carboxylic acids is 1. The molecule has 1 aromatic heterocycles. The number of aliphatic hydroxyl groups is 1. The van der Waals surface area contributed by atoms with Crippen molar-refractivity contribution in [2.75, 3.05) is 19.8 Å². The lowest BCUT2D eigenvalue weighted by Gasteiger charge is -2.14. The Morgan fingerprint density at radius 2 is 1.68 bits per heavy atom. The summed E-state index contributed by atoms with van der Waals surface area (Å²) in [6.45, 7) is 4.81. The normalized spacial score (nSPS) is 12.3. The van der Waals surface area contributed by atoms with Crippen molar-refractivity contribution in [1.82, 2.24) is 9.55 Å². The van der Waals surface area contributed by atoms with Crippen LogP contribution in [-0.2, 0) is 28.9 Å². The van der Waals surface area contributed by atoms with Crippen LogP contribution in [0.1, 0.15) is 36.8 Å². The minimum atomic E-state index is -0.974. The molecule has 0 aliphatic carbocycles. The average Bonchev–Trinajstić information content (AvgIpc) is 2.99. The van der Waals surface area contributed by atoms with Crippen LogP contribution in [0.15, 0.2) is 83.7 Å². The van der Waals surface area contributed by atoms with E-state index in [9.17, 15) is 14.7 Å². The fourth-order valence-corrected chi connectivity index (χ4v) is 4.13. The minimum Gasteiger partial charge on any atom is -0.492 e. The molecule has 9 nitrogen and oxygen atoms in total. The number of carboxylic acids is 1. The summed E-state index contributed by atoms with van der Waals surface area (Å²) in [6, 6.07) is 23.9. The van der Waals surface area contributed by atoms with Gasteiger partial charge in [-0.3, -0.25) is 9.36 Å². The molecule has 0 aliphatic heterocycles. The molecule has 3 aromatic carbocycles. The Morgan fingerprint density at radius 1 is 1.00 bits per heavy atom. The highest BCUT2D eigenvalue weighted by atomic mass is 16.5. The number of para-hydroxylation sites is 1. The quantitative estimate of drug-likeness (QED) is 0.244. The van der Waals surface area contributed by atoms with E-state index in [1.807, 2.05) is 67.6 Å². The molecule has 9 heteroatoms. The number of carbonyl (C=O) groups is 1. The maximum Gasteiger partial charge on any atom is 0.333 e. The van der Waals surface area contributed by atoms with Crippen LogP contribution in [0.4, 0.5) is 0 Å². The van der Waals surface area contributed by atoms with Crippen LogP contribution in [-0.4, -0.2) is 51.7 Å². The van der Waals surface area contributed by atoms with Gasteiger partial charge < -0.3 is 25.4 Å². The Kier molecular flexibility index (Phi) is 11.8. The lowest BCUT2D eigenvalue weighted by atomic mass is 10.1. The Balaban J connectivity index is 0.000000371. The van der Waals surface area contributed by atoms with E-state index in [1.54, 1.807) is 29.7 Å². The Hall–Kier alpha value is -4.05. The lowest BCUT2D eigenvalue weighted by molar-refractivity contribution is -0.149. The van der Waals surface area contributed by atoms with E-state index >= 15 is 0 Å². The zero-order valence-corrected chi connectivity index (χ0v) is 22.9. The molecule has 0 spiro atoms. The number of rotatable bonds is 12. The van der Waals surface area contributed by atoms with Crippen molar-refractivity contribution in [3.05, 3.63) is 106 Å². The van der Waals surface area contributed by atoms with Crippen LogP contribution < -0.4 is 16.0 Å². The maximum absolute atomic E-state index is 12.8. The van der Waals surface area contributed by atoms with Crippen molar-refractivity contribution in [1.29, 1.82) is 0 Å². The number of hydrogen-bond donors (Lipinski definition) is 3. The third-order valence-corrected chi connectivity index (χ3v) is 6.25. The summed E-state index contributed by atoms with van der Waals surface area (Å²) in [4.78, 5) is 28.6. The molecular formula is C31H37N3O6. The summed E-state index contributed by atoms with van der Waals surface area (Å²) in [5, 5.41) is 18.5. The lowest BCUT2D eigenvalue weighted by Crippen LogP contribution is -2.27. The van der Waals surface area contributed by atoms with Gasteiger partial charge in [0.25, 0.3) is 5.56 Å². The molecule has 212 valence electrons. The van der Waals surface area contributed by atoms with Gasteiger partial charge >= 0.3 is 5.97 Å². The molecule has 2 atom stereocenters. The van der Waals surface area contributed by atoms with Crippen LogP contribution in [0.3, 0.4) is 0 Å². The standard InChI is InChI=1S/C23H26N2O5.C8H11NO/c1-3-21-24-19-8-6-5-7-18(19)22(26)25(21)13-14-30-17-11-9-16(10-12-17)15-20(23(27)28)29-4-2;9-8(6-10)7-4-2-1-3-5-7/h5-12,20H,3-4,13-15H2,1-2H3,(H,27,28);1-5,8,10H,6,9H2. The molecule has 0 radical (unpaired) electrons. The minimum absolute atomic E-state index is 0.00398. The van der Waals surface area contributed by atoms with Crippen molar-refractivity contribution in [3.63, 3.8) is 0 Å². The van der Waals surface area contributed by atoms with E-state index in [4.69, 9.17) is 20.3 Å². The smallest absolute Gasteiger partial charge is 0.333 e. The summed E-state index contributed by atoms with van der Waals surface area (Å²) in [5.74, 6) is 0.411. The van der Waals surface area contributed by atoms with Crippen molar-refractivity contribution < 1.29 is 24.5 Å². The third kappa shape index (κ3) is 8.47. The van der Waals surface area contributed by atoms with Gasteiger partial charge in [0.05, 0.1) is 30.1 Å². The van der Waals surface area contributed by atoms with Gasteiger partial charge in [0, 0.05) is 19.4 Å². The molecular weight excluding hydrogens is 510 g/mol. The molecule has 0 amide bonds. The van der Waals surface area contributed by atoms with Crippen LogP contribution in [0, 0.1) is 0 Å². The van der Waals surface area contributed by atoms with E-state index in [0.29, 0.717) is 49.3 Å². The van der Waals surface area contributed by atoms with E-state index in [0.717, 1.165) is 17.0 Å². The highest BCUT2D eigenvalue weighted by molar-refractivity contribution is 5.77. The number of nitrogens with two attached hydrogens (primary N) is 1. The van der Waals surface area contributed by atoms with E-state index in [1.165, 1.54) is 0 Å². The zero-order valence-electron chi connectivity index (χ0n) is 22.9. The Morgan fingerprint density at radius 3 is 2.30 bits per heavy atom. The van der Waals surface area contributed by atoms with Crippen LogP contribution >= 0.6 is 0 Å². The number of ether oxygens (including phenoxy) is 2. The first kappa shape index (κ1) is 30.5. The average molecular weight is 548 g/mol. The van der Waals surface area contributed by atoms with E-state index < -0.39 is 12.1 Å². The second-order valence-electron chi connectivity index (χ2n) is 9.03. The van der Waals surface area contributed by atoms with Crippen LogP contribution in [0.25, 0.3) is 10.9 Å². The number of aryl methyl sites for hydroxylation is 1. The molecule has 0 bridgehead atoms. The highest BCUT2D eigenvalue weighted by Crippen LogP contribution is 2.15. The SMILES string of the molecule is CCOC(Cc1ccc(OCCn2c(CC)nc3ccccc3c2=O)cc1)C(=O)O.NC(CO)c1ccccc1. The van der Waals surface area contributed by atoms with Gasteiger partial charge in [0.2, 0.25) is 0 Å². The molecule has 4 aromatic rings. The van der Waals surface area contributed by atoms with E-state index in [2.05, 4.69) is 4.98 Å². The molecule has 0 saturated carbocycles. The summed E-state index contributed by atoms with van der Waals surface area (Å²) >= 11 is 0. The molecule has 4 N–H and O–H groups in total. The second-order valence-corrected chi connectivity index (χ2v) is 9.03. The van der Waals surface area contributed by atoms with Gasteiger partial charge in [0.15, 0.2) is 6.10 Å². The molecule has 0 aliphatic rings. The monoisotopic (exact) mass is 547 g/mol. The van der Waals surface area contributed by atoms with Gasteiger partial charge in [-0.25, -0.2) is 9.78 Å². The number of fused-ring (bicyclic) bond motifs is 1. The van der Waals surface area contributed by atoms with Gasteiger partial charge in [-0.15, -0.1) is 0 Å². The van der Waals surface area contributed by atoms with E-state index in [-0.39, 0.29) is 18.2 Å². The number of hydrogen-bond acceptors (Lipinski definition) is 7. The summed E-state index contributed by atoms with van der Waals surface area (Å²) < 4.78 is 12.7. The zero-order chi connectivity index (χ0) is 28.9. The first-order valence-electron chi connectivity index (χ1n) is 13.3. The fraction of sp³-hybridized carbons (Fsp3) is 0.323. The van der Waals surface area contributed by atoms with Crippen LogP contribution in [0.5, 0.6) is 5.75 Å². The number of benzene rings is 3. The molecule has 0 saturated heterocycles. The molecule has 1 heterocycles. The summed E-state index contributed by atoms with van der Waals surface area (Å²) in [6.07, 6.45) is 0.0855. The van der Waals surface area contributed by atoms with Crippen molar-refractivity contribution in [2.24, 2.45) is 5.73 Å². The van der Waals surface area contributed by atoms with Gasteiger partial charge in [-0.1, -0.05) is 61.5 Å². The summed E-state index contributed by atoms with van der Waals surface area (Å²) in [5.41, 5.74) is 8.02. The third-order valence-electron chi connectivity index (χ3n) is 6.25. The number of aliphatic hydroxyl groups excluding tert-OH is 1. The molecule has 4 rings (SSSR count). The van der Waals surface area contributed by atoms with Crippen LogP contribution in [0.2, 0.25) is 0 Å². The Labute approximate surface area is 233 Å². The predicted molar refractivity (Wildman–Crippen MR) is 155 cm³/mol. The number of aromatic nitrogens is 2. The van der Waals surface area contributed by atoms with Crippen molar-refractivity contribution in [3.8, 4) is 5.75 Å².